The lowest BCUT2D eigenvalue weighted by atomic mass is 10.2. The standard InChI is InChI=1S/C16H22O4/c1-2-3-4-11-19-12-13-20-15-8-5-14(6-9-15)7-10-16(17)18/h5-10H,2-4,11-13H2,1H3,(H,17,18). The Kier molecular flexibility index (Phi) is 8.15. The molecule has 0 aliphatic carbocycles. The average Bonchev–Trinajstić information content (AvgIpc) is 2.45. The number of aliphatic carboxylic acids is 1. The molecule has 20 heavy (non-hydrogen) atoms. The van der Waals surface area contributed by atoms with Crippen molar-refractivity contribution in [1.29, 1.82) is 0 Å². The summed E-state index contributed by atoms with van der Waals surface area (Å²) < 4.78 is 11.0. The average molecular weight is 278 g/mol. The predicted octanol–water partition coefficient (Wildman–Crippen LogP) is 3.37. The fourth-order valence-corrected chi connectivity index (χ4v) is 1.62. The number of unbranched alkanes of at least 4 members (excludes halogenated alkanes) is 2. The molecule has 0 saturated heterocycles. The second-order valence-electron chi connectivity index (χ2n) is 4.41. The Balaban J connectivity index is 2.20. The SMILES string of the molecule is CCCCCOCCOc1ccc(C=CC(=O)O)cc1. The molecule has 0 fully saturated rings. The van der Waals surface area contributed by atoms with Gasteiger partial charge in [0.25, 0.3) is 0 Å². The molecule has 0 amide bonds. The zero-order valence-electron chi connectivity index (χ0n) is 11.9. The number of carbonyl (C=O) groups is 1. The summed E-state index contributed by atoms with van der Waals surface area (Å²) in [5.41, 5.74) is 0.829. The maximum atomic E-state index is 10.4. The smallest absolute Gasteiger partial charge is 0.328 e. The number of hydrogen-bond acceptors (Lipinski definition) is 3. The summed E-state index contributed by atoms with van der Waals surface area (Å²) in [6.07, 6.45) is 6.15. The van der Waals surface area contributed by atoms with Gasteiger partial charge in [0.1, 0.15) is 12.4 Å². The Morgan fingerprint density at radius 2 is 1.90 bits per heavy atom. The zero-order valence-corrected chi connectivity index (χ0v) is 11.9. The van der Waals surface area contributed by atoms with Crippen LogP contribution in [0.2, 0.25) is 0 Å². The molecule has 4 nitrogen and oxygen atoms in total. The van der Waals surface area contributed by atoms with Gasteiger partial charge in [-0.25, -0.2) is 4.79 Å². The monoisotopic (exact) mass is 278 g/mol. The number of rotatable bonds is 10. The molecule has 0 spiro atoms. The maximum Gasteiger partial charge on any atom is 0.328 e. The molecule has 1 N–H and O–H groups in total. The van der Waals surface area contributed by atoms with Crippen molar-refractivity contribution in [2.45, 2.75) is 26.2 Å². The molecular weight excluding hydrogens is 256 g/mol. The van der Waals surface area contributed by atoms with E-state index in [4.69, 9.17) is 14.6 Å². The van der Waals surface area contributed by atoms with Gasteiger partial charge in [-0.15, -0.1) is 0 Å². The molecule has 0 radical (unpaired) electrons. The third kappa shape index (κ3) is 7.59. The van der Waals surface area contributed by atoms with Crippen LogP contribution in [0, 0.1) is 0 Å². The summed E-state index contributed by atoms with van der Waals surface area (Å²) in [5.74, 6) is -0.194. The number of benzene rings is 1. The zero-order chi connectivity index (χ0) is 14.6. The summed E-state index contributed by atoms with van der Waals surface area (Å²) in [4.78, 5) is 10.4. The van der Waals surface area contributed by atoms with Crippen LogP contribution < -0.4 is 4.74 Å². The molecule has 1 aromatic rings. The van der Waals surface area contributed by atoms with Gasteiger partial charge in [0.2, 0.25) is 0 Å². The fourth-order valence-electron chi connectivity index (χ4n) is 1.62. The minimum absolute atomic E-state index is 0.524. The summed E-state index contributed by atoms with van der Waals surface area (Å²) in [7, 11) is 0. The Bertz CT molecular complexity index is 409. The second-order valence-corrected chi connectivity index (χ2v) is 4.41. The van der Waals surface area contributed by atoms with Gasteiger partial charge in [-0.05, 0) is 30.2 Å². The van der Waals surface area contributed by atoms with Crippen LogP contribution in [0.3, 0.4) is 0 Å². The van der Waals surface area contributed by atoms with Gasteiger partial charge < -0.3 is 14.6 Å². The van der Waals surface area contributed by atoms with Crippen LogP contribution in [0.15, 0.2) is 30.3 Å². The van der Waals surface area contributed by atoms with Crippen LogP contribution in [0.5, 0.6) is 5.75 Å². The largest absolute Gasteiger partial charge is 0.491 e. The molecule has 0 bridgehead atoms. The van der Waals surface area contributed by atoms with E-state index in [1.807, 2.05) is 24.3 Å². The molecule has 0 aliphatic rings. The van der Waals surface area contributed by atoms with Crippen molar-refractivity contribution >= 4 is 12.0 Å². The molecule has 1 aromatic carbocycles. The highest BCUT2D eigenvalue weighted by Gasteiger charge is 1.95. The minimum Gasteiger partial charge on any atom is -0.491 e. The van der Waals surface area contributed by atoms with Gasteiger partial charge in [-0.2, -0.15) is 0 Å². The van der Waals surface area contributed by atoms with Gasteiger partial charge in [0.15, 0.2) is 0 Å². The third-order valence-electron chi connectivity index (χ3n) is 2.69. The van der Waals surface area contributed by atoms with E-state index in [1.165, 1.54) is 12.8 Å². The van der Waals surface area contributed by atoms with Crippen molar-refractivity contribution in [1.82, 2.24) is 0 Å². The lowest BCUT2D eigenvalue weighted by molar-refractivity contribution is -0.131. The van der Waals surface area contributed by atoms with Crippen LogP contribution in [0.4, 0.5) is 0 Å². The molecule has 0 unspecified atom stereocenters. The Morgan fingerprint density at radius 1 is 1.15 bits per heavy atom. The highest BCUT2D eigenvalue weighted by atomic mass is 16.5. The van der Waals surface area contributed by atoms with Crippen LogP contribution in [0.1, 0.15) is 31.7 Å². The Hall–Kier alpha value is -1.81. The van der Waals surface area contributed by atoms with Crippen LogP contribution >= 0.6 is 0 Å². The highest BCUT2D eigenvalue weighted by molar-refractivity contribution is 5.85. The number of carboxylic acids is 1. The Morgan fingerprint density at radius 3 is 2.55 bits per heavy atom. The van der Waals surface area contributed by atoms with Gasteiger partial charge in [0.05, 0.1) is 6.61 Å². The molecular formula is C16H22O4. The van der Waals surface area contributed by atoms with Gasteiger partial charge in [-0.1, -0.05) is 31.9 Å². The van der Waals surface area contributed by atoms with E-state index >= 15 is 0 Å². The summed E-state index contributed by atoms with van der Waals surface area (Å²) in [6, 6.07) is 7.27. The first-order valence-corrected chi connectivity index (χ1v) is 6.94. The molecule has 110 valence electrons. The normalized spacial score (nSPS) is 10.8. The fraction of sp³-hybridized carbons (Fsp3) is 0.438. The van der Waals surface area contributed by atoms with E-state index in [0.717, 1.165) is 30.4 Å². The molecule has 0 aromatic heterocycles. The lowest BCUT2D eigenvalue weighted by Crippen LogP contribution is -2.07. The van der Waals surface area contributed by atoms with Gasteiger partial charge in [-0.3, -0.25) is 0 Å². The van der Waals surface area contributed by atoms with E-state index in [1.54, 1.807) is 6.08 Å². The van der Waals surface area contributed by atoms with Crippen molar-refractivity contribution in [2.75, 3.05) is 19.8 Å². The number of ether oxygens (including phenoxy) is 2. The van der Waals surface area contributed by atoms with Crippen LogP contribution in [-0.4, -0.2) is 30.9 Å². The van der Waals surface area contributed by atoms with E-state index in [0.29, 0.717) is 13.2 Å². The predicted molar refractivity (Wildman–Crippen MR) is 79.0 cm³/mol. The lowest BCUT2D eigenvalue weighted by Gasteiger charge is -2.07. The van der Waals surface area contributed by atoms with E-state index < -0.39 is 5.97 Å². The van der Waals surface area contributed by atoms with Crippen molar-refractivity contribution < 1.29 is 19.4 Å². The van der Waals surface area contributed by atoms with E-state index in [2.05, 4.69) is 6.92 Å². The summed E-state index contributed by atoms with van der Waals surface area (Å²) >= 11 is 0. The van der Waals surface area contributed by atoms with Gasteiger partial charge >= 0.3 is 5.97 Å². The van der Waals surface area contributed by atoms with Crippen molar-refractivity contribution in [3.63, 3.8) is 0 Å². The Labute approximate surface area is 120 Å². The maximum absolute atomic E-state index is 10.4. The van der Waals surface area contributed by atoms with Gasteiger partial charge in [0, 0.05) is 12.7 Å². The highest BCUT2D eigenvalue weighted by Crippen LogP contribution is 2.13. The van der Waals surface area contributed by atoms with Crippen molar-refractivity contribution in [2.24, 2.45) is 0 Å². The number of hydrogen-bond donors (Lipinski definition) is 1. The second kappa shape index (κ2) is 10.0. The first kappa shape index (κ1) is 16.2. The van der Waals surface area contributed by atoms with Crippen LogP contribution in [0.25, 0.3) is 6.08 Å². The van der Waals surface area contributed by atoms with E-state index in [9.17, 15) is 4.79 Å². The molecule has 0 aliphatic heterocycles. The van der Waals surface area contributed by atoms with Crippen molar-refractivity contribution in [3.05, 3.63) is 35.9 Å². The first-order chi connectivity index (χ1) is 9.72. The molecule has 0 heterocycles. The molecule has 4 heteroatoms. The van der Waals surface area contributed by atoms with Crippen LogP contribution in [-0.2, 0) is 9.53 Å². The minimum atomic E-state index is -0.953. The quantitative estimate of drug-likeness (QED) is 0.526. The first-order valence-electron chi connectivity index (χ1n) is 6.94. The summed E-state index contributed by atoms with van der Waals surface area (Å²) in [5, 5.41) is 8.52. The number of carboxylic acid groups (broad SMARTS) is 1. The van der Waals surface area contributed by atoms with Crippen molar-refractivity contribution in [3.8, 4) is 5.75 Å². The van der Waals surface area contributed by atoms with E-state index in [-0.39, 0.29) is 0 Å². The molecule has 0 saturated carbocycles. The third-order valence-corrected chi connectivity index (χ3v) is 2.69. The summed E-state index contributed by atoms with van der Waals surface area (Å²) in [6.45, 7) is 4.06. The molecule has 1 rings (SSSR count). The topological polar surface area (TPSA) is 55.8 Å². The molecule has 0 atom stereocenters.